The van der Waals surface area contributed by atoms with Crippen LogP contribution in [0.15, 0.2) is 24.3 Å². The van der Waals surface area contributed by atoms with Crippen molar-refractivity contribution in [2.45, 2.75) is 194 Å². The van der Waals surface area contributed by atoms with Crippen molar-refractivity contribution < 1.29 is 19.8 Å². The fourth-order valence-corrected chi connectivity index (χ4v) is 4.68. The Morgan fingerprint density at radius 2 is 0.610 bits per heavy atom. The average Bonchev–Trinajstić information content (AvgIpc) is 2.93. The maximum Gasteiger partial charge on any atom is 2.00 e. The van der Waals surface area contributed by atoms with Gasteiger partial charge in [0.25, 0.3) is 0 Å². The van der Waals surface area contributed by atoms with E-state index in [1.807, 2.05) is 0 Å². The molecule has 0 fully saturated rings. The maximum atomic E-state index is 10.2. The van der Waals surface area contributed by atoms with Crippen LogP contribution in [0.4, 0.5) is 0 Å². The molecule has 0 aromatic rings. The molecule has 0 aromatic heterocycles. The van der Waals surface area contributed by atoms with Crippen molar-refractivity contribution in [2.24, 2.45) is 0 Å². The number of carboxylic acids is 2. The molecule has 5 heteroatoms. The van der Waals surface area contributed by atoms with E-state index in [2.05, 4.69) is 38.2 Å². The van der Waals surface area contributed by atoms with Gasteiger partial charge in [0.2, 0.25) is 0 Å². The van der Waals surface area contributed by atoms with Gasteiger partial charge in [-0.3, -0.25) is 0 Å². The standard InChI is InChI=1S/2C18H34O2.Ba/c2*1-2-3-4-5-6-7-8-9-10-11-12-13-14-15-16-17-18(19)20;/h2*9-10H,2-8,11-17H2,1H3,(H,19,20);/q;;+2/p-2/b10-9+;10-9-;. The third kappa shape index (κ3) is 50.0. The molecule has 0 rings (SSSR count). The maximum absolute atomic E-state index is 10.2. The Morgan fingerprint density at radius 3 is 0.854 bits per heavy atom. The molecular formula is C36H66BaO4. The normalized spacial score (nSPS) is 11.0. The fraction of sp³-hybridized carbons (Fsp3) is 0.833. The fourth-order valence-electron chi connectivity index (χ4n) is 4.68. The molecule has 0 atom stereocenters. The summed E-state index contributed by atoms with van der Waals surface area (Å²) in [5.74, 6) is -1.83. The second-order valence-corrected chi connectivity index (χ2v) is 11.4. The number of rotatable bonds is 30. The third-order valence-corrected chi connectivity index (χ3v) is 7.29. The zero-order chi connectivity index (χ0) is 29.8. The molecular weight excluding hydrogens is 634 g/mol. The van der Waals surface area contributed by atoms with E-state index in [0.29, 0.717) is 0 Å². The van der Waals surface area contributed by atoms with Crippen molar-refractivity contribution in [1.82, 2.24) is 0 Å². The summed E-state index contributed by atoms with van der Waals surface area (Å²) in [5.41, 5.74) is 0. The monoisotopic (exact) mass is 700 g/mol. The zero-order valence-electron chi connectivity index (χ0n) is 27.4. The van der Waals surface area contributed by atoms with E-state index in [9.17, 15) is 19.8 Å². The van der Waals surface area contributed by atoms with Crippen molar-refractivity contribution in [1.29, 1.82) is 0 Å². The molecule has 0 aliphatic heterocycles. The number of hydrogen-bond donors (Lipinski definition) is 0. The summed E-state index contributed by atoms with van der Waals surface area (Å²) >= 11 is 0. The van der Waals surface area contributed by atoms with Gasteiger partial charge in [0, 0.05) is 11.9 Å². The summed E-state index contributed by atoms with van der Waals surface area (Å²) in [6.45, 7) is 4.51. The van der Waals surface area contributed by atoms with Crippen molar-refractivity contribution in [3.8, 4) is 0 Å². The van der Waals surface area contributed by atoms with Gasteiger partial charge < -0.3 is 19.8 Å². The number of aliphatic carboxylic acids is 2. The van der Waals surface area contributed by atoms with Crippen LogP contribution in [-0.2, 0) is 9.59 Å². The van der Waals surface area contributed by atoms with E-state index in [0.717, 1.165) is 38.5 Å². The van der Waals surface area contributed by atoms with Crippen LogP contribution in [0.3, 0.4) is 0 Å². The summed E-state index contributed by atoms with van der Waals surface area (Å²) < 4.78 is 0. The SMILES string of the molecule is CCCCCCCC/C=C/CCCCCCCC(=O)[O-].CCCCCCCC/C=C\CCCCCCCC(=O)[O-].[Ba+2]. The van der Waals surface area contributed by atoms with Gasteiger partial charge >= 0.3 is 48.9 Å². The number of unbranched alkanes of at least 4 members (excludes halogenated alkanes) is 22. The van der Waals surface area contributed by atoms with E-state index in [1.165, 1.54) is 128 Å². The Balaban J connectivity index is -0.000000688. The summed E-state index contributed by atoms with van der Waals surface area (Å²) in [7, 11) is 0. The smallest absolute Gasteiger partial charge is 0.550 e. The molecule has 41 heavy (non-hydrogen) atoms. The second-order valence-electron chi connectivity index (χ2n) is 11.4. The van der Waals surface area contributed by atoms with Gasteiger partial charge in [0.1, 0.15) is 0 Å². The molecule has 0 aromatic carbocycles. The molecule has 0 unspecified atom stereocenters. The molecule has 0 bridgehead atoms. The van der Waals surface area contributed by atoms with Gasteiger partial charge in [0.05, 0.1) is 0 Å². The Hall–Kier alpha value is -0.00857. The van der Waals surface area contributed by atoms with Gasteiger partial charge in [-0.2, -0.15) is 0 Å². The van der Waals surface area contributed by atoms with Gasteiger partial charge in [-0.05, 0) is 77.0 Å². The van der Waals surface area contributed by atoms with Gasteiger partial charge in [-0.15, -0.1) is 0 Å². The quantitative estimate of drug-likeness (QED) is 0.0426. The number of carboxylic acid groups (broad SMARTS) is 2. The minimum Gasteiger partial charge on any atom is -0.550 e. The summed E-state index contributed by atoms with van der Waals surface area (Å²) in [6, 6.07) is 0. The number of allylic oxidation sites excluding steroid dienone is 4. The molecule has 236 valence electrons. The first-order chi connectivity index (χ1) is 19.5. The summed E-state index contributed by atoms with van der Waals surface area (Å²) in [4.78, 5) is 20.4. The molecule has 0 N–H and O–H groups in total. The molecule has 0 heterocycles. The third-order valence-electron chi connectivity index (χ3n) is 7.29. The first-order valence-corrected chi connectivity index (χ1v) is 17.2. The zero-order valence-corrected chi connectivity index (χ0v) is 31.9. The predicted molar refractivity (Wildman–Crippen MR) is 175 cm³/mol. The van der Waals surface area contributed by atoms with E-state index in [-0.39, 0.29) is 61.7 Å². The molecule has 0 radical (unpaired) electrons. The molecule has 0 amide bonds. The molecule has 0 aliphatic rings. The van der Waals surface area contributed by atoms with Crippen LogP contribution in [0.25, 0.3) is 0 Å². The van der Waals surface area contributed by atoms with Gasteiger partial charge in [-0.1, -0.05) is 141 Å². The minimum absolute atomic E-state index is 0. The Labute approximate surface area is 296 Å². The molecule has 4 nitrogen and oxygen atoms in total. The van der Waals surface area contributed by atoms with Crippen LogP contribution in [-0.4, -0.2) is 60.8 Å². The molecule has 0 aliphatic carbocycles. The van der Waals surface area contributed by atoms with Crippen LogP contribution in [0.5, 0.6) is 0 Å². The van der Waals surface area contributed by atoms with Crippen molar-refractivity contribution in [3.63, 3.8) is 0 Å². The first kappa shape index (κ1) is 45.4. The molecule has 0 saturated heterocycles. The van der Waals surface area contributed by atoms with E-state index >= 15 is 0 Å². The Kier molecular flexibility index (Phi) is 46.7. The average molecular weight is 700 g/mol. The van der Waals surface area contributed by atoms with E-state index in [1.54, 1.807) is 0 Å². The number of carbonyl (C=O) groups excluding carboxylic acids is 2. The second kappa shape index (κ2) is 42.1. The predicted octanol–water partition coefficient (Wildman–Crippen LogP) is 9.17. The van der Waals surface area contributed by atoms with E-state index < -0.39 is 11.9 Å². The van der Waals surface area contributed by atoms with E-state index in [4.69, 9.17) is 0 Å². The Bertz CT molecular complexity index is 524. The van der Waals surface area contributed by atoms with Crippen LogP contribution in [0.2, 0.25) is 0 Å². The van der Waals surface area contributed by atoms with Crippen LogP contribution < -0.4 is 10.2 Å². The van der Waals surface area contributed by atoms with Gasteiger partial charge in [0.15, 0.2) is 0 Å². The van der Waals surface area contributed by atoms with Crippen molar-refractivity contribution in [2.75, 3.05) is 0 Å². The Morgan fingerprint density at radius 1 is 0.390 bits per heavy atom. The first-order valence-electron chi connectivity index (χ1n) is 17.2. The van der Waals surface area contributed by atoms with Crippen molar-refractivity contribution >= 4 is 60.8 Å². The van der Waals surface area contributed by atoms with Crippen molar-refractivity contribution in [3.05, 3.63) is 24.3 Å². The van der Waals surface area contributed by atoms with Crippen LogP contribution in [0, 0.1) is 0 Å². The summed E-state index contributed by atoms with van der Waals surface area (Å²) in [6.07, 6.45) is 41.8. The number of hydrogen-bond acceptors (Lipinski definition) is 4. The molecule has 0 spiro atoms. The topological polar surface area (TPSA) is 80.3 Å². The largest absolute Gasteiger partial charge is 2.00 e. The molecule has 0 saturated carbocycles. The number of carbonyl (C=O) groups is 2. The van der Waals surface area contributed by atoms with Crippen LogP contribution >= 0.6 is 0 Å². The summed E-state index contributed by atoms with van der Waals surface area (Å²) in [5, 5.41) is 20.4. The van der Waals surface area contributed by atoms with Crippen LogP contribution in [0.1, 0.15) is 194 Å². The minimum atomic E-state index is -0.914. The van der Waals surface area contributed by atoms with Gasteiger partial charge in [-0.25, -0.2) is 0 Å².